The Labute approximate surface area is 124 Å². The molecule has 0 amide bonds. The maximum atomic E-state index is 13.6. The predicted molar refractivity (Wildman–Crippen MR) is 76.2 cm³/mol. The van der Waals surface area contributed by atoms with E-state index >= 15 is 0 Å². The van der Waals surface area contributed by atoms with E-state index in [0.717, 1.165) is 11.9 Å². The monoisotopic (exact) mass is 361 g/mol. The van der Waals surface area contributed by atoms with Gasteiger partial charge in [-0.2, -0.15) is 0 Å². The highest BCUT2D eigenvalue weighted by Gasteiger charge is 2.18. The fraction of sp³-hybridized carbons (Fsp3) is 0.250. The average molecular weight is 362 g/mol. The molecule has 5 nitrogen and oxygen atoms in total. The smallest absolute Gasteiger partial charge is 0.243 e. The lowest BCUT2D eigenvalue weighted by Gasteiger charge is -2.07. The number of aromatic nitrogens is 2. The van der Waals surface area contributed by atoms with Gasteiger partial charge < -0.3 is 4.98 Å². The van der Waals surface area contributed by atoms with Gasteiger partial charge in [0.2, 0.25) is 10.0 Å². The van der Waals surface area contributed by atoms with E-state index in [4.69, 9.17) is 0 Å². The van der Waals surface area contributed by atoms with Gasteiger partial charge in [-0.05, 0) is 24.6 Å². The van der Waals surface area contributed by atoms with Gasteiger partial charge >= 0.3 is 0 Å². The van der Waals surface area contributed by atoms with Crippen molar-refractivity contribution in [3.63, 3.8) is 0 Å². The summed E-state index contributed by atoms with van der Waals surface area (Å²) in [5, 5.41) is 0. The number of nitrogens with zero attached hydrogens (tertiary/aromatic N) is 1. The topological polar surface area (TPSA) is 74.8 Å². The van der Waals surface area contributed by atoms with Gasteiger partial charge in [0.1, 0.15) is 16.5 Å². The molecule has 20 heavy (non-hydrogen) atoms. The van der Waals surface area contributed by atoms with E-state index < -0.39 is 15.8 Å². The molecule has 2 aromatic rings. The molecule has 0 fully saturated rings. The molecule has 0 radical (unpaired) electrons. The molecule has 0 atom stereocenters. The second-order valence-electron chi connectivity index (χ2n) is 4.11. The van der Waals surface area contributed by atoms with Crippen LogP contribution in [0.3, 0.4) is 0 Å². The second kappa shape index (κ2) is 6.47. The van der Waals surface area contributed by atoms with E-state index in [-0.39, 0.29) is 11.4 Å². The van der Waals surface area contributed by atoms with Gasteiger partial charge in [0.05, 0.1) is 0 Å². The molecule has 0 aliphatic heterocycles. The van der Waals surface area contributed by atoms with E-state index in [2.05, 4.69) is 30.6 Å². The van der Waals surface area contributed by atoms with Gasteiger partial charge in [-0.15, -0.1) is 0 Å². The Kier molecular flexibility index (Phi) is 4.90. The maximum Gasteiger partial charge on any atom is 0.243 e. The van der Waals surface area contributed by atoms with Crippen LogP contribution in [0.15, 0.2) is 40.0 Å². The van der Waals surface area contributed by atoms with Crippen LogP contribution in [0, 0.1) is 5.82 Å². The summed E-state index contributed by atoms with van der Waals surface area (Å²) in [6, 6.07) is 3.84. The minimum absolute atomic E-state index is 0.221. The molecule has 0 bridgehead atoms. The molecule has 1 aromatic carbocycles. The number of aryl methyl sites for hydroxylation is 1. The molecule has 0 saturated carbocycles. The molecule has 1 heterocycles. The van der Waals surface area contributed by atoms with Crippen LogP contribution in [0.25, 0.3) is 0 Å². The summed E-state index contributed by atoms with van der Waals surface area (Å²) < 4.78 is 40.4. The van der Waals surface area contributed by atoms with Crippen molar-refractivity contribution in [2.24, 2.45) is 0 Å². The van der Waals surface area contributed by atoms with Gasteiger partial charge in [-0.3, -0.25) is 0 Å². The SMILES string of the molecule is O=S(=O)(NCCCc1ncc[nH]1)c1ccc(Br)cc1F. The Hall–Kier alpha value is -1.25. The molecule has 0 saturated heterocycles. The highest BCUT2D eigenvalue weighted by atomic mass is 79.9. The first kappa shape index (κ1) is 15.1. The Morgan fingerprint density at radius 1 is 1.40 bits per heavy atom. The van der Waals surface area contributed by atoms with Gasteiger partial charge in [0, 0.05) is 29.8 Å². The van der Waals surface area contributed by atoms with E-state index in [0.29, 0.717) is 17.3 Å². The van der Waals surface area contributed by atoms with E-state index in [1.165, 1.54) is 12.1 Å². The lowest BCUT2D eigenvalue weighted by molar-refractivity contribution is 0.554. The Morgan fingerprint density at radius 2 is 2.20 bits per heavy atom. The van der Waals surface area contributed by atoms with Crippen molar-refractivity contribution in [3.8, 4) is 0 Å². The van der Waals surface area contributed by atoms with Crippen molar-refractivity contribution < 1.29 is 12.8 Å². The van der Waals surface area contributed by atoms with E-state index in [9.17, 15) is 12.8 Å². The summed E-state index contributed by atoms with van der Waals surface area (Å²) >= 11 is 3.08. The van der Waals surface area contributed by atoms with Crippen LogP contribution in [-0.2, 0) is 16.4 Å². The number of aromatic amines is 1. The van der Waals surface area contributed by atoms with E-state index in [1.807, 2.05) is 0 Å². The molecule has 0 aliphatic carbocycles. The number of nitrogens with one attached hydrogen (secondary N) is 2. The molecule has 0 unspecified atom stereocenters. The first-order valence-electron chi connectivity index (χ1n) is 5.92. The molecular weight excluding hydrogens is 349 g/mol. The fourth-order valence-corrected chi connectivity index (χ4v) is 3.13. The Morgan fingerprint density at radius 3 is 2.85 bits per heavy atom. The van der Waals surface area contributed by atoms with Gasteiger partial charge in [-0.1, -0.05) is 15.9 Å². The summed E-state index contributed by atoms with van der Waals surface area (Å²) in [6.45, 7) is 0.221. The normalized spacial score (nSPS) is 11.7. The van der Waals surface area contributed by atoms with Crippen molar-refractivity contribution in [1.82, 2.24) is 14.7 Å². The summed E-state index contributed by atoms with van der Waals surface area (Å²) in [6.07, 6.45) is 4.54. The summed E-state index contributed by atoms with van der Waals surface area (Å²) in [7, 11) is -3.83. The third-order valence-electron chi connectivity index (χ3n) is 2.62. The lowest BCUT2D eigenvalue weighted by atomic mass is 10.3. The molecule has 0 aliphatic rings. The molecular formula is C12H13BrFN3O2S. The highest BCUT2D eigenvalue weighted by Crippen LogP contribution is 2.19. The van der Waals surface area contributed by atoms with E-state index in [1.54, 1.807) is 12.4 Å². The number of rotatable bonds is 6. The lowest BCUT2D eigenvalue weighted by Crippen LogP contribution is -2.26. The van der Waals surface area contributed by atoms with Crippen LogP contribution in [0.1, 0.15) is 12.2 Å². The zero-order valence-corrected chi connectivity index (χ0v) is 12.8. The molecule has 1 aromatic heterocycles. The third-order valence-corrected chi connectivity index (χ3v) is 4.61. The van der Waals surface area contributed by atoms with Crippen LogP contribution in [0.2, 0.25) is 0 Å². The number of benzene rings is 1. The predicted octanol–water partition coefficient (Wildman–Crippen LogP) is 2.22. The van der Waals surface area contributed by atoms with Crippen molar-refractivity contribution in [1.29, 1.82) is 0 Å². The van der Waals surface area contributed by atoms with Crippen molar-refractivity contribution in [3.05, 3.63) is 46.7 Å². The fourth-order valence-electron chi connectivity index (χ4n) is 1.67. The first-order chi connectivity index (χ1) is 9.49. The number of sulfonamides is 1. The van der Waals surface area contributed by atoms with Crippen molar-refractivity contribution in [2.75, 3.05) is 6.54 Å². The largest absolute Gasteiger partial charge is 0.349 e. The molecule has 2 rings (SSSR count). The molecule has 0 spiro atoms. The first-order valence-corrected chi connectivity index (χ1v) is 8.19. The van der Waals surface area contributed by atoms with Crippen molar-refractivity contribution in [2.45, 2.75) is 17.7 Å². The molecule has 108 valence electrons. The third kappa shape index (κ3) is 3.87. The van der Waals surface area contributed by atoms with Gasteiger partial charge in [-0.25, -0.2) is 22.5 Å². The number of H-pyrrole nitrogens is 1. The minimum atomic E-state index is -3.83. The standard InChI is InChI=1S/C12H13BrFN3O2S/c13-9-3-4-11(10(14)8-9)20(18,19)17-5-1-2-12-15-6-7-16-12/h3-4,6-8,17H,1-2,5H2,(H,15,16). The number of halogens is 2. The van der Waals surface area contributed by atoms with Crippen LogP contribution < -0.4 is 4.72 Å². The number of imidazole rings is 1. The Balaban J connectivity index is 1.93. The van der Waals surface area contributed by atoms with Crippen LogP contribution in [0.5, 0.6) is 0 Å². The molecule has 2 N–H and O–H groups in total. The minimum Gasteiger partial charge on any atom is -0.349 e. The summed E-state index contributed by atoms with van der Waals surface area (Å²) in [5.41, 5.74) is 0. The number of hydrogen-bond donors (Lipinski definition) is 2. The zero-order chi connectivity index (χ0) is 14.6. The van der Waals surface area contributed by atoms with Gasteiger partial charge in [0.15, 0.2) is 0 Å². The second-order valence-corrected chi connectivity index (χ2v) is 6.76. The summed E-state index contributed by atoms with van der Waals surface area (Å²) in [5.74, 6) is 0.0110. The zero-order valence-electron chi connectivity index (χ0n) is 10.4. The van der Waals surface area contributed by atoms with Crippen LogP contribution >= 0.6 is 15.9 Å². The van der Waals surface area contributed by atoms with Gasteiger partial charge in [0.25, 0.3) is 0 Å². The molecule has 8 heteroatoms. The highest BCUT2D eigenvalue weighted by molar-refractivity contribution is 9.10. The van der Waals surface area contributed by atoms with Crippen LogP contribution in [-0.4, -0.2) is 24.9 Å². The number of hydrogen-bond acceptors (Lipinski definition) is 3. The Bertz CT molecular complexity index is 674. The van der Waals surface area contributed by atoms with Crippen molar-refractivity contribution >= 4 is 26.0 Å². The maximum absolute atomic E-state index is 13.6. The average Bonchev–Trinajstić information content (AvgIpc) is 2.87. The van der Waals surface area contributed by atoms with Crippen LogP contribution in [0.4, 0.5) is 4.39 Å². The quantitative estimate of drug-likeness (QED) is 0.774. The summed E-state index contributed by atoms with van der Waals surface area (Å²) in [4.78, 5) is 6.61.